The first-order chi connectivity index (χ1) is 32.3. The predicted octanol–water partition coefficient (Wildman–Crippen LogP) is 3.22. The average molecular weight is 1000 g/mol. The molecule has 0 fully saturated rings. The average Bonchev–Trinajstić information content (AvgIpc) is 3.29. The normalized spacial score (nSPS) is 10.9. The predicted molar refractivity (Wildman–Crippen MR) is 271 cm³/mol. The summed E-state index contributed by atoms with van der Waals surface area (Å²) in [5.41, 5.74) is 11.5. The standard InChI is InChI=1S/C35H58N26S5/c1-6-62-31-48-21(37)47-22(53-31)39-13-14-40-25-50-26(57-33(56-25)64-8-3)43-17-18-44-29-52-30(61-35(60-29)66-10-5)46-20-19-45-28-51-27(58-34(59-28)65-9-4)42-16-15-41-24-49-23(38-12-11-36)54-32(55-24)63-7-2/h6-20,36H2,1-5H3,(H3,37,39,47,48,53)(H2,38,41,49,54,55)(H2,40,43,50,56,57)(H2,42,45,51,58,59)(H2,44,46,52,60,61). The van der Waals surface area contributed by atoms with Gasteiger partial charge in [-0.25, -0.2) is 0 Å². The lowest BCUT2D eigenvalue weighted by molar-refractivity contribution is 0.862. The summed E-state index contributed by atoms with van der Waals surface area (Å²) in [4.78, 5) is 67.3. The highest BCUT2D eigenvalue weighted by molar-refractivity contribution is 7.99. The molecule has 0 radical (unpaired) electrons. The first-order valence-corrected chi connectivity index (χ1v) is 26.3. The van der Waals surface area contributed by atoms with E-state index in [-0.39, 0.29) is 5.95 Å². The number of anilines is 10. The Labute approximate surface area is 404 Å². The molecule has 0 unspecified atom stereocenters. The Kier molecular flexibility index (Phi) is 23.1. The molecule has 26 nitrogen and oxygen atoms in total. The van der Waals surface area contributed by atoms with Crippen molar-refractivity contribution < 1.29 is 0 Å². The molecule has 0 atom stereocenters. The number of nitrogens with one attached hydrogen (secondary N) is 9. The van der Waals surface area contributed by atoms with E-state index < -0.39 is 0 Å². The van der Waals surface area contributed by atoms with Crippen LogP contribution in [0.2, 0.25) is 0 Å². The summed E-state index contributed by atoms with van der Waals surface area (Å²) in [6, 6.07) is 0. The van der Waals surface area contributed by atoms with Crippen molar-refractivity contribution in [3.63, 3.8) is 0 Å². The number of nitrogens with two attached hydrogens (primary N) is 2. The zero-order valence-corrected chi connectivity index (χ0v) is 41.6. The van der Waals surface area contributed by atoms with Crippen molar-refractivity contribution in [1.82, 2.24) is 74.8 Å². The first kappa shape index (κ1) is 51.7. The van der Waals surface area contributed by atoms with Crippen molar-refractivity contribution in [2.75, 3.05) is 148 Å². The number of nitrogen functional groups attached to an aromatic ring is 1. The van der Waals surface area contributed by atoms with Crippen molar-refractivity contribution in [3.05, 3.63) is 0 Å². The summed E-state index contributed by atoms with van der Waals surface area (Å²) in [5.74, 6) is 8.29. The Morgan fingerprint density at radius 2 is 0.485 bits per heavy atom. The fourth-order valence-corrected chi connectivity index (χ4v) is 7.86. The van der Waals surface area contributed by atoms with Crippen LogP contribution in [0.25, 0.3) is 0 Å². The van der Waals surface area contributed by atoms with Gasteiger partial charge in [-0.2, -0.15) is 74.8 Å². The highest BCUT2D eigenvalue weighted by Crippen LogP contribution is 2.20. The summed E-state index contributed by atoms with van der Waals surface area (Å²) in [6.07, 6.45) is 0. The Morgan fingerprint density at radius 1 is 0.288 bits per heavy atom. The number of thioether (sulfide) groups is 5. The van der Waals surface area contributed by atoms with Crippen LogP contribution in [0, 0.1) is 0 Å². The van der Waals surface area contributed by atoms with E-state index in [9.17, 15) is 0 Å². The van der Waals surface area contributed by atoms with Crippen molar-refractivity contribution in [2.45, 2.75) is 60.4 Å². The molecule has 358 valence electrons. The zero-order valence-electron chi connectivity index (χ0n) is 37.5. The molecule has 0 aliphatic carbocycles. The lowest BCUT2D eigenvalue weighted by Gasteiger charge is -2.12. The minimum Gasteiger partial charge on any atom is -0.368 e. The SMILES string of the molecule is CCSc1nc(N)nc(NCCNc2nc(NCCNc3nc(NCCNc4nc(NCCNc5nc(NCCN)nc(SCC)n5)nc(SCC)n4)nc(SCC)n3)nc(SCC)n2)n1. The van der Waals surface area contributed by atoms with E-state index >= 15 is 0 Å². The number of aromatic nitrogens is 15. The van der Waals surface area contributed by atoms with Gasteiger partial charge in [0.25, 0.3) is 0 Å². The molecule has 5 aromatic rings. The summed E-state index contributed by atoms with van der Waals surface area (Å²) in [5, 5.41) is 32.2. The largest absolute Gasteiger partial charge is 0.368 e. The van der Waals surface area contributed by atoms with Crippen molar-refractivity contribution in [2.24, 2.45) is 5.73 Å². The molecule has 0 aromatic carbocycles. The van der Waals surface area contributed by atoms with E-state index in [1.165, 1.54) is 58.8 Å². The molecular weight excluding hydrogens is 945 g/mol. The zero-order chi connectivity index (χ0) is 46.8. The molecule has 0 bridgehead atoms. The molecule has 0 saturated heterocycles. The van der Waals surface area contributed by atoms with Crippen LogP contribution in [0.15, 0.2) is 25.8 Å². The van der Waals surface area contributed by atoms with Crippen molar-refractivity contribution in [1.29, 1.82) is 0 Å². The second kappa shape index (κ2) is 29.4. The minimum absolute atomic E-state index is 0.172. The van der Waals surface area contributed by atoms with Gasteiger partial charge in [-0.1, -0.05) is 93.4 Å². The molecule has 13 N–H and O–H groups in total. The number of rotatable bonds is 33. The molecule has 0 spiro atoms. The molecule has 5 heterocycles. The van der Waals surface area contributed by atoms with Crippen LogP contribution in [0.5, 0.6) is 0 Å². The Bertz CT molecular complexity index is 2210. The van der Waals surface area contributed by atoms with Crippen LogP contribution in [-0.4, -0.2) is 169 Å². The summed E-state index contributed by atoms with van der Waals surface area (Å²) < 4.78 is 0. The molecule has 66 heavy (non-hydrogen) atoms. The quantitative estimate of drug-likeness (QED) is 0.0212. The highest BCUT2D eigenvalue weighted by Gasteiger charge is 2.12. The second-order valence-electron chi connectivity index (χ2n) is 12.7. The van der Waals surface area contributed by atoms with Crippen molar-refractivity contribution in [3.8, 4) is 0 Å². The fourth-order valence-electron chi connectivity index (χ4n) is 5.06. The molecule has 0 amide bonds. The highest BCUT2D eigenvalue weighted by atomic mass is 32.2. The third kappa shape index (κ3) is 18.9. The Morgan fingerprint density at radius 3 is 0.697 bits per heavy atom. The van der Waals surface area contributed by atoms with Gasteiger partial charge in [0, 0.05) is 65.4 Å². The molecule has 31 heteroatoms. The lowest BCUT2D eigenvalue weighted by Crippen LogP contribution is -2.21. The van der Waals surface area contributed by atoms with Crippen LogP contribution in [-0.2, 0) is 0 Å². The molecule has 5 rings (SSSR count). The third-order valence-corrected chi connectivity index (χ3v) is 11.3. The minimum atomic E-state index is 0.172. The van der Waals surface area contributed by atoms with E-state index in [0.29, 0.717) is 145 Å². The van der Waals surface area contributed by atoms with Gasteiger partial charge in [-0.15, -0.1) is 0 Å². The summed E-state index contributed by atoms with van der Waals surface area (Å²) in [7, 11) is 0. The molecule has 0 saturated carbocycles. The molecule has 5 aromatic heterocycles. The van der Waals surface area contributed by atoms with Gasteiger partial charge < -0.3 is 59.3 Å². The van der Waals surface area contributed by atoms with Crippen molar-refractivity contribution >= 4 is 118 Å². The van der Waals surface area contributed by atoms with Gasteiger partial charge >= 0.3 is 0 Å². The van der Waals surface area contributed by atoms with Gasteiger partial charge in [0.1, 0.15) is 0 Å². The van der Waals surface area contributed by atoms with Gasteiger partial charge in [0.15, 0.2) is 25.8 Å². The van der Waals surface area contributed by atoms with E-state index in [0.717, 1.165) is 28.8 Å². The maximum atomic E-state index is 5.84. The van der Waals surface area contributed by atoms with Crippen LogP contribution in [0.4, 0.5) is 59.5 Å². The van der Waals surface area contributed by atoms with Gasteiger partial charge in [0.05, 0.1) is 0 Å². The monoisotopic (exact) mass is 1000 g/mol. The third-order valence-electron chi connectivity index (χ3n) is 7.65. The van der Waals surface area contributed by atoms with Gasteiger partial charge in [0.2, 0.25) is 59.5 Å². The maximum absolute atomic E-state index is 5.84. The van der Waals surface area contributed by atoms with E-state index in [4.69, 9.17) is 11.5 Å². The molecular formula is C35H58N26S5. The second-order valence-corrected chi connectivity index (χ2v) is 18.8. The Balaban J connectivity index is 1.09. The number of hydrogen-bond acceptors (Lipinski definition) is 31. The summed E-state index contributed by atoms with van der Waals surface area (Å²) >= 11 is 7.61. The molecule has 0 aliphatic heterocycles. The van der Waals surface area contributed by atoms with Crippen LogP contribution in [0.3, 0.4) is 0 Å². The van der Waals surface area contributed by atoms with E-state index in [1.807, 2.05) is 34.6 Å². The fraction of sp³-hybridized carbons (Fsp3) is 0.571. The van der Waals surface area contributed by atoms with Crippen LogP contribution >= 0.6 is 58.8 Å². The van der Waals surface area contributed by atoms with E-state index in [2.05, 4.69) is 123 Å². The van der Waals surface area contributed by atoms with Gasteiger partial charge in [-0.3, -0.25) is 0 Å². The van der Waals surface area contributed by atoms with E-state index in [1.54, 1.807) is 0 Å². The number of hydrogen-bond donors (Lipinski definition) is 11. The molecule has 0 aliphatic rings. The first-order valence-electron chi connectivity index (χ1n) is 21.3. The van der Waals surface area contributed by atoms with Crippen LogP contribution < -0.4 is 59.3 Å². The lowest BCUT2D eigenvalue weighted by atomic mass is 10.6. The Hall–Kier alpha value is -5.24. The summed E-state index contributed by atoms with van der Waals surface area (Å²) in [6.45, 7) is 15.2. The number of nitrogens with zero attached hydrogens (tertiary/aromatic N) is 15. The smallest absolute Gasteiger partial charge is 0.228 e. The van der Waals surface area contributed by atoms with Gasteiger partial charge in [-0.05, 0) is 28.8 Å². The van der Waals surface area contributed by atoms with Crippen LogP contribution in [0.1, 0.15) is 34.6 Å². The topological polar surface area (TPSA) is 354 Å². The maximum Gasteiger partial charge on any atom is 0.228 e.